The average Bonchev–Trinajstić information content (AvgIpc) is 2.44. The highest BCUT2D eigenvalue weighted by atomic mass is 35.5. The van der Waals surface area contributed by atoms with Crippen LogP contribution >= 0.6 is 11.6 Å². The summed E-state index contributed by atoms with van der Waals surface area (Å²) in [6.07, 6.45) is 0.114. The lowest BCUT2D eigenvalue weighted by Gasteiger charge is -2.40. The van der Waals surface area contributed by atoms with Gasteiger partial charge in [0.05, 0.1) is 23.5 Å². The van der Waals surface area contributed by atoms with Crippen molar-refractivity contribution in [3.63, 3.8) is 0 Å². The molecule has 3 unspecified atom stereocenters. The van der Waals surface area contributed by atoms with Gasteiger partial charge >= 0.3 is 5.69 Å². The number of hydrogen-bond acceptors (Lipinski definition) is 5. The minimum Gasteiger partial charge on any atom is -0.496 e. The second-order valence-corrected chi connectivity index (χ2v) is 4.98. The van der Waals surface area contributed by atoms with Crippen LogP contribution in [-0.4, -0.2) is 36.2 Å². The van der Waals surface area contributed by atoms with Crippen LogP contribution in [0.1, 0.15) is 13.3 Å². The molecule has 0 saturated heterocycles. The number of rotatable bonds is 6. The highest BCUT2D eigenvalue weighted by Crippen LogP contribution is 2.37. The fourth-order valence-corrected chi connectivity index (χ4v) is 2.49. The minimum absolute atomic E-state index is 0.114. The third kappa shape index (κ3) is 2.96. The van der Waals surface area contributed by atoms with Gasteiger partial charge in [0.25, 0.3) is 0 Å². The molecule has 1 aliphatic carbocycles. The topological polar surface area (TPSA) is 70.8 Å². The van der Waals surface area contributed by atoms with E-state index >= 15 is 0 Å². The molecule has 1 fully saturated rings. The Hall–Kier alpha value is -1.53. The van der Waals surface area contributed by atoms with E-state index in [1.54, 1.807) is 6.07 Å². The predicted molar refractivity (Wildman–Crippen MR) is 73.7 cm³/mol. The molecule has 0 aromatic heterocycles. The van der Waals surface area contributed by atoms with E-state index in [0.29, 0.717) is 18.8 Å². The van der Waals surface area contributed by atoms with Gasteiger partial charge in [0.15, 0.2) is 5.75 Å². The van der Waals surface area contributed by atoms with E-state index in [9.17, 15) is 10.1 Å². The first kappa shape index (κ1) is 14.9. The van der Waals surface area contributed by atoms with Crippen LogP contribution in [0.2, 0.25) is 0 Å². The minimum atomic E-state index is -0.496. The Kier molecular flexibility index (Phi) is 4.67. The number of hydrogen-bond donors (Lipinski definition) is 0. The van der Waals surface area contributed by atoms with Crippen molar-refractivity contribution in [1.82, 2.24) is 0 Å². The second kappa shape index (κ2) is 6.28. The Balaban J connectivity index is 2.15. The summed E-state index contributed by atoms with van der Waals surface area (Å²) in [6.45, 7) is 2.40. The number of nitrogens with zero attached hydrogens (tertiary/aromatic N) is 1. The van der Waals surface area contributed by atoms with Gasteiger partial charge in [-0.3, -0.25) is 10.1 Å². The van der Waals surface area contributed by atoms with Gasteiger partial charge in [-0.05, 0) is 19.1 Å². The molecule has 20 heavy (non-hydrogen) atoms. The lowest BCUT2D eigenvalue weighted by atomic mass is 9.91. The number of ether oxygens (including phenoxy) is 3. The van der Waals surface area contributed by atoms with E-state index in [2.05, 4.69) is 0 Å². The first-order valence-electron chi connectivity index (χ1n) is 6.31. The van der Waals surface area contributed by atoms with Crippen LogP contribution < -0.4 is 9.47 Å². The van der Waals surface area contributed by atoms with Crippen molar-refractivity contribution in [2.75, 3.05) is 13.7 Å². The van der Waals surface area contributed by atoms with Crippen molar-refractivity contribution in [1.29, 1.82) is 0 Å². The van der Waals surface area contributed by atoms with E-state index in [0.717, 1.165) is 0 Å². The van der Waals surface area contributed by atoms with Gasteiger partial charge in [-0.1, -0.05) is 0 Å². The van der Waals surface area contributed by atoms with E-state index in [-0.39, 0.29) is 29.0 Å². The van der Waals surface area contributed by atoms with Crippen molar-refractivity contribution < 1.29 is 19.1 Å². The van der Waals surface area contributed by atoms with Gasteiger partial charge in [-0.15, -0.1) is 11.6 Å². The molecule has 1 aromatic rings. The summed E-state index contributed by atoms with van der Waals surface area (Å²) in [6, 6.07) is 4.48. The van der Waals surface area contributed by atoms with Gasteiger partial charge < -0.3 is 14.2 Å². The fraction of sp³-hybridized carbons (Fsp3) is 0.538. The summed E-state index contributed by atoms with van der Waals surface area (Å²) in [7, 11) is 1.45. The Bertz CT molecular complexity index is 496. The molecule has 0 spiro atoms. The van der Waals surface area contributed by atoms with Crippen molar-refractivity contribution in [3.8, 4) is 11.5 Å². The van der Waals surface area contributed by atoms with Gasteiger partial charge in [0.2, 0.25) is 0 Å². The summed E-state index contributed by atoms with van der Waals surface area (Å²) < 4.78 is 16.1. The van der Waals surface area contributed by atoms with Crippen LogP contribution in [0.4, 0.5) is 5.69 Å². The largest absolute Gasteiger partial charge is 0.496 e. The SMILES string of the molecule is CCOC1C(Cl)CC1Oc1ccc(OC)cc1[N+](=O)[O-]. The van der Waals surface area contributed by atoms with Crippen LogP contribution in [0.15, 0.2) is 18.2 Å². The zero-order chi connectivity index (χ0) is 14.7. The van der Waals surface area contributed by atoms with Crippen molar-refractivity contribution in [2.45, 2.75) is 30.9 Å². The van der Waals surface area contributed by atoms with Crippen molar-refractivity contribution >= 4 is 17.3 Å². The third-order valence-corrected chi connectivity index (χ3v) is 3.61. The maximum atomic E-state index is 11.1. The first-order chi connectivity index (χ1) is 9.56. The standard InChI is InChI=1S/C13H16ClNO5/c1-3-19-13-9(14)7-12(13)20-11-5-4-8(18-2)6-10(11)15(16)17/h4-6,9,12-13H,3,7H2,1-2H3. The van der Waals surface area contributed by atoms with Crippen LogP contribution in [0.5, 0.6) is 11.5 Å². The molecule has 6 nitrogen and oxygen atoms in total. The smallest absolute Gasteiger partial charge is 0.314 e. The molecular formula is C13H16ClNO5. The van der Waals surface area contributed by atoms with Gasteiger partial charge in [-0.2, -0.15) is 0 Å². The maximum absolute atomic E-state index is 11.1. The van der Waals surface area contributed by atoms with Crippen LogP contribution in [-0.2, 0) is 4.74 Å². The number of nitro groups is 1. The normalized spacial score (nSPS) is 24.9. The van der Waals surface area contributed by atoms with E-state index < -0.39 is 4.92 Å². The molecule has 110 valence electrons. The number of benzene rings is 1. The van der Waals surface area contributed by atoms with E-state index in [1.807, 2.05) is 6.92 Å². The Morgan fingerprint density at radius 3 is 2.80 bits per heavy atom. The summed E-state index contributed by atoms with van der Waals surface area (Å²) >= 11 is 6.05. The van der Waals surface area contributed by atoms with Crippen LogP contribution in [0, 0.1) is 10.1 Å². The van der Waals surface area contributed by atoms with Crippen LogP contribution in [0.25, 0.3) is 0 Å². The molecule has 3 atom stereocenters. The molecule has 0 aliphatic heterocycles. The third-order valence-electron chi connectivity index (χ3n) is 3.18. The summed E-state index contributed by atoms with van der Waals surface area (Å²) in [5.41, 5.74) is -0.127. The van der Waals surface area contributed by atoms with Crippen molar-refractivity contribution in [2.24, 2.45) is 0 Å². The zero-order valence-electron chi connectivity index (χ0n) is 11.2. The number of alkyl halides is 1. The van der Waals surface area contributed by atoms with Crippen LogP contribution in [0.3, 0.4) is 0 Å². The van der Waals surface area contributed by atoms with Gasteiger partial charge in [0, 0.05) is 13.0 Å². The number of halogens is 1. The molecule has 0 bridgehead atoms. The lowest BCUT2D eigenvalue weighted by molar-refractivity contribution is -0.386. The average molecular weight is 302 g/mol. The highest BCUT2D eigenvalue weighted by Gasteiger charge is 2.43. The summed E-state index contributed by atoms with van der Waals surface area (Å²) in [4.78, 5) is 10.6. The zero-order valence-corrected chi connectivity index (χ0v) is 12.0. The quantitative estimate of drug-likeness (QED) is 0.459. The van der Waals surface area contributed by atoms with Gasteiger partial charge in [-0.25, -0.2) is 0 Å². The monoisotopic (exact) mass is 301 g/mol. The molecule has 1 saturated carbocycles. The van der Waals surface area contributed by atoms with E-state index in [1.165, 1.54) is 19.2 Å². The molecule has 0 N–H and O–H groups in total. The molecular weight excluding hydrogens is 286 g/mol. The molecule has 0 radical (unpaired) electrons. The maximum Gasteiger partial charge on any atom is 0.314 e. The Morgan fingerprint density at radius 2 is 2.25 bits per heavy atom. The molecule has 1 aliphatic rings. The molecule has 7 heteroatoms. The van der Waals surface area contributed by atoms with Crippen molar-refractivity contribution in [3.05, 3.63) is 28.3 Å². The lowest BCUT2D eigenvalue weighted by Crippen LogP contribution is -2.52. The predicted octanol–water partition coefficient (Wildman–Crippen LogP) is 2.77. The van der Waals surface area contributed by atoms with Gasteiger partial charge in [0.1, 0.15) is 18.0 Å². The molecule has 0 heterocycles. The molecule has 0 amide bonds. The molecule has 2 rings (SSSR count). The fourth-order valence-electron chi connectivity index (χ4n) is 2.08. The van der Waals surface area contributed by atoms with E-state index in [4.69, 9.17) is 25.8 Å². The summed E-state index contributed by atoms with van der Waals surface area (Å²) in [5, 5.41) is 10.9. The number of nitro benzene ring substituents is 1. The molecule has 1 aromatic carbocycles. The Labute approximate surface area is 121 Å². The summed E-state index contributed by atoms with van der Waals surface area (Å²) in [5.74, 6) is 0.614. The first-order valence-corrected chi connectivity index (χ1v) is 6.75. The Morgan fingerprint density at radius 1 is 1.50 bits per heavy atom. The second-order valence-electron chi connectivity index (χ2n) is 4.42. The number of methoxy groups -OCH3 is 1. The highest BCUT2D eigenvalue weighted by molar-refractivity contribution is 6.21.